The van der Waals surface area contributed by atoms with Crippen LogP contribution in [0.1, 0.15) is 19.4 Å². The van der Waals surface area contributed by atoms with Crippen molar-refractivity contribution in [2.75, 3.05) is 24.6 Å². The molecule has 0 aliphatic carbocycles. The Labute approximate surface area is 103 Å². The Kier molecular flexibility index (Phi) is 4.02. The lowest BCUT2D eigenvalue weighted by Gasteiger charge is -2.23. The lowest BCUT2D eigenvalue weighted by molar-refractivity contribution is 0.00904. The van der Waals surface area contributed by atoms with Crippen LogP contribution < -0.4 is 4.90 Å². The van der Waals surface area contributed by atoms with Crippen LogP contribution in [0.25, 0.3) is 0 Å². The van der Waals surface area contributed by atoms with Crippen LogP contribution in [0.5, 0.6) is 0 Å². The highest BCUT2D eigenvalue weighted by Crippen LogP contribution is 2.27. The average molecular weight is 235 g/mol. The average Bonchev–Trinajstić information content (AvgIpc) is 2.70. The second kappa shape index (κ2) is 5.52. The highest BCUT2D eigenvalue weighted by molar-refractivity contribution is 5.57. The van der Waals surface area contributed by atoms with E-state index in [1.807, 2.05) is 19.9 Å². The smallest absolute Gasteiger partial charge is 0.0948 e. The van der Waals surface area contributed by atoms with E-state index in [9.17, 15) is 5.11 Å². The number of fused-ring (bicyclic) bond motifs is 1. The number of benzene rings is 1. The molecule has 1 aromatic rings. The Morgan fingerprint density at radius 2 is 2.12 bits per heavy atom. The highest BCUT2D eigenvalue weighted by Gasteiger charge is 2.20. The van der Waals surface area contributed by atoms with Crippen molar-refractivity contribution < 1.29 is 9.84 Å². The van der Waals surface area contributed by atoms with Gasteiger partial charge in [-0.2, -0.15) is 0 Å². The molecule has 1 atom stereocenters. The zero-order valence-corrected chi connectivity index (χ0v) is 10.6. The minimum atomic E-state index is -0.413. The van der Waals surface area contributed by atoms with Crippen molar-refractivity contribution in [3.63, 3.8) is 0 Å². The first-order chi connectivity index (χ1) is 8.16. The highest BCUT2D eigenvalue weighted by atomic mass is 16.5. The second-order valence-electron chi connectivity index (χ2n) is 4.86. The van der Waals surface area contributed by atoms with Crippen molar-refractivity contribution in [2.45, 2.75) is 32.5 Å². The van der Waals surface area contributed by atoms with Crippen LogP contribution in [0.4, 0.5) is 5.69 Å². The summed E-state index contributed by atoms with van der Waals surface area (Å²) in [5, 5.41) is 9.92. The lowest BCUT2D eigenvalue weighted by atomic mass is 10.2. The molecular formula is C14H21NO2. The van der Waals surface area contributed by atoms with E-state index in [2.05, 4.69) is 23.1 Å². The van der Waals surface area contributed by atoms with Crippen LogP contribution in [-0.4, -0.2) is 37.0 Å². The molecule has 3 nitrogen and oxygen atoms in total. The van der Waals surface area contributed by atoms with Gasteiger partial charge in [0, 0.05) is 18.8 Å². The van der Waals surface area contributed by atoms with Crippen molar-refractivity contribution in [3.8, 4) is 0 Å². The summed E-state index contributed by atoms with van der Waals surface area (Å²) in [6.07, 6.45) is 0.840. The Morgan fingerprint density at radius 3 is 2.88 bits per heavy atom. The fraction of sp³-hybridized carbons (Fsp3) is 0.571. The number of β-amino-alcohol motifs (C(OH)–C–C–N with tert-alkyl or cyclic N) is 1. The van der Waals surface area contributed by atoms with Gasteiger partial charge in [-0.1, -0.05) is 18.2 Å². The van der Waals surface area contributed by atoms with Crippen LogP contribution in [0, 0.1) is 0 Å². The van der Waals surface area contributed by atoms with Crippen molar-refractivity contribution in [1.29, 1.82) is 0 Å². The summed E-state index contributed by atoms with van der Waals surface area (Å²) in [5.41, 5.74) is 2.64. The van der Waals surface area contributed by atoms with Crippen LogP contribution in [0.2, 0.25) is 0 Å². The zero-order valence-electron chi connectivity index (χ0n) is 10.6. The van der Waals surface area contributed by atoms with Crippen LogP contribution in [0.3, 0.4) is 0 Å². The number of aliphatic hydroxyl groups excluding tert-OH is 1. The summed E-state index contributed by atoms with van der Waals surface area (Å²) < 4.78 is 5.43. The fourth-order valence-electron chi connectivity index (χ4n) is 2.21. The molecule has 0 amide bonds. The van der Waals surface area contributed by atoms with Gasteiger partial charge in [0.25, 0.3) is 0 Å². The predicted molar refractivity (Wildman–Crippen MR) is 69.5 cm³/mol. The SMILES string of the molecule is CC(C)OCC(O)CN1CCc2ccccc21. The van der Waals surface area contributed by atoms with Crippen molar-refractivity contribution in [2.24, 2.45) is 0 Å². The number of rotatable bonds is 5. The molecular weight excluding hydrogens is 214 g/mol. The van der Waals surface area contributed by atoms with Gasteiger partial charge in [0.15, 0.2) is 0 Å². The van der Waals surface area contributed by atoms with E-state index < -0.39 is 6.10 Å². The molecule has 0 aromatic heterocycles. The summed E-state index contributed by atoms with van der Waals surface area (Å²) in [6, 6.07) is 8.40. The molecule has 1 aliphatic heterocycles. The standard InChI is InChI=1S/C14H21NO2/c1-11(2)17-10-13(16)9-15-8-7-12-5-3-4-6-14(12)15/h3-6,11,13,16H,7-10H2,1-2H3. The molecule has 1 N–H and O–H groups in total. The zero-order chi connectivity index (χ0) is 12.3. The van der Waals surface area contributed by atoms with Gasteiger partial charge in [0.05, 0.1) is 18.8 Å². The number of anilines is 1. The quantitative estimate of drug-likeness (QED) is 0.845. The molecule has 0 fully saturated rings. The van der Waals surface area contributed by atoms with Gasteiger partial charge < -0.3 is 14.7 Å². The summed E-state index contributed by atoms with van der Waals surface area (Å²) >= 11 is 0. The van der Waals surface area contributed by atoms with Gasteiger partial charge >= 0.3 is 0 Å². The Morgan fingerprint density at radius 1 is 1.35 bits per heavy atom. The molecule has 0 saturated heterocycles. The molecule has 0 spiro atoms. The summed E-state index contributed by atoms with van der Waals surface area (Å²) in [4.78, 5) is 2.24. The third-order valence-electron chi connectivity index (χ3n) is 3.04. The van der Waals surface area contributed by atoms with Gasteiger partial charge in [-0.25, -0.2) is 0 Å². The van der Waals surface area contributed by atoms with Gasteiger partial charge in [-0.05, 0) is 31.9 Å². The fourth-order valence-corrected chi connectivity index (χ4v) is 2.21. The topological polar surface area (TPSA) is 32.7 Å². The first-order valence-corrected chi connectivity index (χ1v) is 6.29. The number of nitrogens with zero attached hydrogens (tertiary/aromatic N) is 1. The maximum absolute atomic E-state index is 9.92. The maximum Gasteiger partial charge on any atom is 0.0948 e. The predicted octanol–water partition coefficient (Wildman–Crippen LogP) is 1.83. The van der Waals surface area contributed by atoms with E-state index in [4.69, 9.17) is 4.74 Å². The van der Waals surface area contributed by atoms with Crippen molar-refractivity contribution >= 4 is 5.69 Å². The van der Waals surface area contributed by atoms with E-state index in [1.54, 1.807) is 0 Å². The first kappa shape index (κ1) is 12.4. The molecule has 17 heavy (non-hydrogen) atoms. The van der Waals surface area contributed by atoms with E-state index in [-0.39, 0.29) is 6.10 Å². The van der Waals surface area contributed by atoms with E-state index in [1.165, 1.54) is 11.3 Å². The molecule has 0 bridgehead atoms. The molecule has 1 heterocycles. The molecule has 1 unspecified atom stereocenters. The minimum Gasteiger partial charge on any atom is -0.389 e. The van der Waals surface area contributed by atoms with Crippen LogP contribution in [0.15, 0.2) is 24.3 Å². The minimum absolute atomic E-state index is 0.176. The van der Waals surface area contributed by atoms with E-state index >= 15 is 0 Å². The Balaban J connectivity index is 1.88. The lowest BCUT2D eigenvalue weighted by Crippen LogP contribution is -2.34. The monoisotopic (exact) mass is 235 g/mol. The summed E-state index contributed by atoms with van der Waals surface area (Å²) in [7, 11) is 0. The third-order valence-corrected chi connectivity index (χ3v) is 3.04. The van der Waals surface area contributed by atoms with E-state index in [0.29, 0.717) is 13.2 Å². The Hall–Kier alpha value is -1.06. The van der Waals surface area contributed by atoms with Gasteiger partial charge in [-0.3, -0.25) is 0 Å². The first-order valence-electron chi connectivity index (χ1n) is 6.29. The second-order valence-corrected chi connectivity index (χ2v) is 4.86. The molecule has 2 rings (SSSR count). The van der Waals surface area contributed by atoms with E-state index in [0.717, 1.165) is 13.0 Å². The molecule has 1 aromatic carbocycles. The normalized spacial score (nSPS) is 16.4. The number of ether oxygens (including phenoxy) is 1. The van der Waals surface area contributed by atoms with Gasteiger partial charge in [0.1, 0.15) is 0 Å². The largest absolute Gasteiger partial charge is 0.389 e. The summed E-state index contributed by atoms with van der Waals surface area (Å²) in [6.45, 7) is 6.04. The molecule has 94 valence electrons. The maximum atomic E-state index is 9.92. The van der Waals surface area contributed by atoms with Gasteiger partial charge in [0.2, 0.25) is 0 Å². The third kappa shape index (κ3) is 3.20. The van der Waals surface area contributed by atoms with Crippen LogP contribution >= 0.6 is 0 Å². The molecule has 1 aliphatic rings. The Bertz CT molecular complexity index is 365. The summed E-state index contributed by atoms with van der Waals surface area (Å²) in [5.74, 6) is 0. The van der Waals surface area contributed by atoms with Gasteiger partial charge in [-0.15, -0.1) is 0 Å². The number of hydrogen-bond acceptors (Lipinski definition) is 3. The van der Waals surface area contributed by atoms with Crippen molar-refractivity contribution in [1.82, 2.24) is 0 Å². The molecule has 0 saturated carbocycles. The molecule has 0 radical (unpaired) electrons. The van der Waals surface area contributed by atoms with Crippen molar-refractivity contribution in [3.05, 3.63) is 29.8 Å². The number of aliphatic hydroxyl groups is 1. The number of para-hydroxylation sites is 1. The number of hydrogen-bond donors (Lipinski definition) is 1. The molecule has 3 heteroatoms. The van der Waals surface area contributed by atoms with Crippen LogP contribution in [-0.2, 0) is 11.2 Å².